The molecule has 0 radical (unpaired) electrons. The minimum Gasteiger partial charge on any atom is -0.480 e. The number of nitrogens with one attached hydrogen (secondary N) is 1. The number of urea groups is 1. The molecule has 1 rings (SSSR count). The Kier molecular flexibility index (Phi) is 5.46. The van der Waals surface area contributed by atoms with Gasteiger partial charge >= 0.3 is 12.0 Å². The fourth-order valence-corrected chi connectivity index (χ4v) is 2.02. The van der Waals surface area contributed by atoms with Gasteiger partial charge in [-0.2, -0.15) is 0 Å². The Balaban J connectivity index is 2.46. The van der Waals surface area contributed by atoms with Crippen molar-refractivity contribution in [3.05, 3.63) is 0 Å². The minimum absolute atomic E-state index is 0.0153. The third-order valence-electron chi connectivity index (χ3n) is 2.94. The predicted molar refractivity (Wildman–Crippen MR) is 65.0 cm³/mol. The van der Waals surface area contributed by atoms with E-state index in [-0.39, 0.29) is 18.7 Å². The number of carbonyl (C=O) groups is 2. The quantitative estimate of drug-likeness (QED) is 0.691. The summed E-state index contributed by atoms with van der Waals surface area (Å²) in [4.78, 5) is 23.5. The molecule has 2 amide bonds. The van der Waals surface area contributed by atoms with Crippen molar-refractivity contribution in [2.24, 2.45) is 0 Å². The second-order valence-electron chi connectivity index (χ2n) is 4.27. The second-order valence-corrected chi connectivity index (χ2v) is 4.27. The van der Waals surface area contributed by atoms with E-state index < -0.39 is 18.5 Å². The van der Waals surface area contributed by atoms with E-state index in [1.807, 2.05) is 0 Å². The third-order valence-corrected chi connectivity index (χ3v) is 2.94. The number of amides is 2. The summed E-state index contributed by atoms with van der Waals surface area (Å²) in [6.45, 7) is -0.408. The van der Waals surface area contributed by atoms with Gasteiger partial charge in [0.1, 0.15) is 6.54 Å². The first kappa shape index (κ1) is 14.3. The number of hydrogen-bond acceptors (Lipinski definition) is 3. The van der Waals surface area contributed by atoms with Crippen molar-refractivity contribution in [1.29, 1.82) is 0 Å². The molecule has 0 aromatic rings. The molecule has 1 aliphatic carbocycles. The summed E-state index contributed by atoms with van der Waals surface area (Å²) in [5.41, 5.74) is 0. The van der Waals surface area contributed by atoms with Crippen LogP contribution in [0.4, 0.5) is 4.79 Å². The van der Waals surface area contributed by atoms with Crippen LogP contribution in [0.3, 0.4) is 0 Å². The summed E-state index contributed by atoms with van der Waals surface area (Å²) >= 11 is 0. The molecule has 18 heavy (non-hydrogen) atoms. The largest absolute Gasteiger partial charge is 0.480 e. The standard InChI is InChI=1S/C12H18N2O4/c1-3-6-14(8-11(15)16)12(17)13-9-4-5-10(7-9)18-2/h1,9-10H,4-8H2,2H3,(H,13,17)(H,15,16). The Hall–Kier alpha value is -1.74. The molecule has 6 heteroatoms. The maximum absolute atomic E-state index is 11.8. The van der Waals surface area contributed by atoms with E-state index in [4.69, 9.17) is 16.3 Å². The summed E-state index contributed by atoms with van der Waals surface area (Å²) in [6, 6.07) is -0.409. The molecular weight excluding hydrogens is 236 g/mol. The van der Waals surface area contributed by atoms with Gasteiger partial charge in [0.2, 0.25) is 0 Å². The van der Waals surface area contributed by atoms with Crippen LogP contribution in [0.25, 0.3) is 0 Å². The van der Waals surface area contributed by atoms with Crippen LogP contribution < -0.4 is 5.32 Å². The summed E-state index contributed by atoms with van der Waals surface area (Å²) < 4.78 is 5.20. The van der Waals surface area contributed by atoms with Gasteiger partial charge < -0.3 is 20.1 Å². The van der Waals surface area contributed by atoms with Gasteiger partial charge in [-0.05, 0) is 19.3 Å². The number of terminal acetylenes is 1. The van der Waals surface area contributed by atoms with E-state index in [0.29, 0.717) is 0 Å². The summed E-state index contributed by atoms with van der Waals surface area (Å²) in [5, 5.41) is 11.5. The number of aliphatic carboxylic acids is 1. The van der Waals surface area contributed by atoms with Crippen molar-refractivity contribution in [3.63, 3.8) is 0 Å². The summed E-state index contributed by atoms with van der Waals surface area (Å²) in [5.74, 6) is 1.19. The number of carbonyl (C=O) groups excluding carboxylic acids is 1. The van der Waals surface area contributed by atoms with Crippen molar-refractivity contribution < 1.29 is 19.4 Å². The topological polar surface area (TPSA) is 78.9 Å². The normalized spacial score (nSPS) is 22.2. The van der Waals surface area contributed by atoms with Crippen LogP contribution in [-0.2, 0) is 9.53 Å². The van der Waals surface area contributed by atoms with Crippen LogP contribution in [0.1, 0.15) is 19.3 Å². The highest BCUT2D eigenvalue weighted by Crippen LogP contribution is 2.21. The Labute approximate surface area is 106 Å². The average Bonchev–Trinajstić information content (AvgIpc) is 2.75. The zero-order chi connectivity index (χ0) is 13.5. The van der Waals surface area contributed by atoms with Crippen molar-refractivity contribution in [1.82, 2.24) is 10.2 Å². The van der Waals surface area contributed by atoms with E-state index in [0.717, 1.165) is 24.2 Å². The first-order valence-corrected chi connectivity index (χ1v) is 5.80. The minimum atomic E-state index is -1.08. The van der Waals surface area contributed by atoms with Crippen molar-refractivity contribution in [3.8, 4) is 12.3 Å². The average molecular weight is 254 g/mol. The molecule has 0 bridgehead atoms. The number of nitrogens with zero attached hydrogens (tertiary/aromatic N) is 1. The van der Waals surface area contributed by atoms with Crippen LogP contribution in [0.2, 0.25) is 0 Å². The fourth-order valence-electron chi connectivity index (χ4n) is 2.02. The maximum atomic E-state index is 11.8. The number of hydrogen-bond donors (Lipinski definition) is 2. The van der Waals surface area contributed by atoms with E-state index in [1.54, 1.807) is 7.11 Å². The summed E-state index contributed by atoms with van der Waals surface area (Å²) in [7, 11) is 1.64. The third kappa shape index (κ3) is 4.26. The Morgan fingerprint density at radius 2 is 2.28 bits per heavy atom. The molecular formula is C12H18N2O4. The molecule has 100 valence electrons. The van der Waals surface area contributed by atoms with Gasteiger partial charge in [0.25, 0.3) is 0 Å². The SMILES string of the molecule is C#CCN(CC(=O)O)C(=O)NC1CCC(OC)C1. The van der Waals surface area contributed by atoms with Crippen molar-refractivity contribution in [2.45, 2.75) is 31.4 Å². The van der Waals surface area contributed by atoms with Crippen molar-refractivity contribution in [2.75, 3.05) is 20.2 Å². The lowest BCUT2D eigenvalue weighted by atomic mass is 10.2. The molecule has 2 unspecified atom stereocenters. The van der Waals surface area contributed by atoms with Gasteiger partial charge in [0, 0.05) is 13.2 Å². The van der Waals surface area contributed by atoms with Crippen molar-refractivity contribution >= 4 is 12.0 Å². The molecule has 0 spiro atoms. The lowest BCUT2D eigenvalue weighted by Gasteiger charge is -2.21. The Bertz CT molecular complexity index is 350. The zero-order valence-electron chi connectivity index (χ0n) is 10.4. The van der Waals surface area contributed by atoms with Gasteiger partial charge in [0.05, 0.1) is 12.6 Å². The first-order chi connectivity index (χ1) is 8.56. The highest BCUT2D eigenvalue weighted by molar-refractivity contribution is 5.80. The van der Waals surface area contributed by atoms with Gasteiger partial charge in [-0.25, -0.2) is 4.79 Å². The second kappa shape index (κ2) is 6.87. The summed E-state index contributed by atoms with van der Waals surface area (Å²) in [6.07, 6.45) is 7.75. The monoisotopic (exact) mass is 254 g/mol. The van der Waals surface area contributed by atoms with Gasteiger partial charge in [-0.15, -0.1) is 6.42 Å². The van der Waals surface area contributed by atoms with E-state index >= 15 is 0 Å². The molecule has 1 saturated carbocycles. The van der Waals surface area contributed by atoms with Crippen LogP contribution in [0, 0.1) is 12.3 Å². The highest BCUT2D eigenvalue weighted by atomic mass is 16.5. The van der Waals surface area contributed by atoms with E-state index in [9.17, 15) is 9.59 Å². The Morgan fingerprint density at radius 3 is 2.78 bits per heavy atom. The number of ether oxygens (including phenoxy) is 1. The first-order valence-electron chi connectivity index (χ1n) is 5.80. The molecule has 0 aromatic carbocycles. The van der Waals surface area contributed by atoms with Gasteiger partial charge in [-0.1, -0.05) is 5.92 Å². The number of carboxylic acids is 1. The molecule has 6 nitrogen and oxygen atoms in total. The number of methoxy groups -OCH3 is 1. The van der Waals surface area contributed by atoms with Gasteiger partial charge in [0.15, 0.2) is 0 Å². The molecule has 0 saturated heterocycles. The van der Waals surface area contributed by atoms with Crippen LogP contribution in [0.15, 0.2) is 0 Å². The molecule has 2 atom stereocenters. The molecule has 0 aromatic heterocycles. The Morgan fingerprint density at radius 1 is 1.56 bits per heavy atom. The van der Waals surface area contributed by atoms with Gasteiger partial charge in [-0.3, -0.25) is 4.79 Å². The smallest absolute Gasteiger partial charge is 0.323 e. The predicted octanol–water partition coefficient (Wildman–Crippen LogP) is 0.283. The molecule has 0 heterocycles. The highest BCUT2D eigenvalue weighted by Gasteiger charge is 2.27. The van der Waals surface area contributed by atoms with Crippen LogP contribution in [-0.4, -0.2) is 54.4 Å². The molecule has 2 N–H and O–H groups in total. The maximum Gasteiger partial charge on any atom is 0.323 e. The van der Waals surface area contributed by atoms with E-state index in [2.05, 4.69) is 11.2 Å². The molecule has 0 aliphatic heterocycles. The van der Waals surface area contributed by atoms with E-state index in [1.165, 1.54) is 0 Å². The van der Waals surface area contributed by atoms with Crippen LogP contribution in [0.5, 0.6) is 0 Å². The van der Waals surface area contributed by atoms with Crippen LogP contribution >= 0.6 is 0 Å². The fraction of sp³-hybridized carbons (Fsp3) is 0.667. The lowest BCUT2D eigenvalue weighted by molar-refractivity contribution is -0.137. The molecule has 1 aliphatic rings. The number of carboxylic acid groups (broad SMARTS) is 1. The zero-order valence-corrected chi connectivity index (χ0v) is 10.4. The number of rotatable bonds is 5. The lowest BCUT2D eigenvalue weighted by Crippen LogP contribution is -2.46. The molecule has 1 fully saturated rings.